The van der Waals surface area contributed by atoms with E-state index in [0.29, 0.717) is 6.04 Å². The van der Waals surface area contributed by atoms with E-state index in [1.165, 1.54) is 18.4 Å². The number of nitrogens with one attached hydrogen (secondary N) is 1. The van der Waals surface area contributed by atoms with Gasteiger partial charge in [0.25, 0.3) is 0 Å². The van der Waals surface area contributed by atoms with E-state index in [-0.39, 0.29) is 5.41 Å². The lowest BCUT2D eigenvalue weighted by atomic mass is 9.88. The van der Waals surface area contributed by atoms with Crippen LogP contribution in [0.4, 0.5) is 5.82 Å². The number of nitrogens with zero attached hydrogens (tertiary/aromatic N) is 1. The average molecular weight is 190 g/mol. The number of aromatic nitrogens is 1. The summed E-state index contributed by atoms with van der Waals surface area (Å²) in [6, 6.07) is 4.94. The summed E-state index contributed by atoms with van der Waals surface area (Å²) >= 11 is 0. The molecule has 1 aliphatic rings. The molecule has 0 aromatic carbocycles. The molecule has 14 heavy (non-hydrogen) atoms. The van der Waals surface area contributed by atoms with Crippen molar-refractivity contribution in [2.75, 3.05) is 5.32 Å². The summed E-state index contributed by atoms with van der Waals surface area (Å²) < 4.78 is 0. The molecule has 1 saturated carbocycles. The second-order valence-electron chi connectivity index (χ2n) is 5.10. The first kappa shape index (κ1) is 9.50. The van der Waals surface area contributed by atoms with Gasteiger partial charge in [-0.25, -0.2) is 4.98 Å². The van der Waals surface area contributed by atoms with Crippen LogP contribution in [0, 0.1) is 0 Å². The Morgan fingerprint density at radius 3 is 2.64 bits per heavy atom. The highest BCUT2D eigenvalue weighted by molar-refractivity contribution is 5.41. The summed E-state index contributed by atoms with van der Waals surface area (Å²) in [4.78, 5) is 4.32. The van der Waals surface area contributed by atoms with Crippen molar-refractivity contribution in [3.8, 4) is 0 Å². The Labute approximate surface area is 85.7 Å². The van der Waals surface area contributed by atoms with Gasteiger partial charge in [-0.05, 0) is 36.0 Å². The van der Waals surface area contributed by atoms with Gasteiger partial charge in [0.15, 0.2) is 0 Å². The molecule has 0 saturated heterocycles. The zero-order chi connectivity index (χ0) is 10.2. The molecule has 2 nitrogen and oxygen atoms in total. The number of hydrogen-bond donors (Lipinski definition) is 1. The SMILES string of the molecule is CC(C)(C)c1ccnc(NC2CC2)c1. The molecule has 2 heteroatoms. The average Bonchev–Trinajstić information content (AvgIpc) is 2.87. The summed E-state index contributed by atoms with van der Waals surface area (Å²) in [5.41, 5.74) is 1.55. The number of hydrogen-bond acceptors (Lipinski definition) is 2. The van der Waals surface area contributed by atoms with Crippen LogP contribution in [0.15, 0.2) is 18.3 Å². The third kappa shape index (κ3) is 2.25. The maximum absolute atomic E-state index is 4.32. The third-order valence-corrected chi connectivity index (χ3v) is 2.56. The van der Waals surface area contributed by atoms with Crippen molar-refractivity contribution in [3.05, 3.63) is 23.9 Å². The van der Waals surface area contributed by atoms with Crippen LogP contribution in [0.3, 0.4) is 0 Å². The summed E-state index contributed by atoms with van der Waals surface area (Å²) in [5, 5.41) is 3.42. The van der Waals surface area contributed by atoms with E-state index in [1.807, 2.05) is 6.20 Å². The Morgan fingerprint density at radius 1 is 1.36 bits per heavy atom. The van der Waals surface area contributed by atoms with Crippen LogP contribution < -0.4 is 5.32 Å². The van der Waals surface area contributed by atoms with Crippen LogP contribution in [0.2, 0.25) is 0 Å². The van der Waals surface area contributed by atoms with E-state index in [9.17, 15) is 0 Å². The fourth-order valence-corrected chi connectivity index (χ4v) is 1.41. The van der Waals surface area contributed by atoms with Crippen molar-refractivity contribution >= 4 is 5.82 Å². The molecule has 1 fully saturated rings. The minimum Gasteiger partial charge on any atom is -0.367 e. The predicted molar refractivity (Wildman–Crippen MR) is 59.6 cm³/mol. The molecule has 76 valence electrons. The first-order chi connectivity index (χ1) is 6.55. The van der Waals surface area contributed by atoms with Gasteiger partial charge < -0.3 is 5.32 Å². The molecule has 0 bridgehead atoms. The van der Waals surface area contributed by atoms with Crippen LogP contribution in [0.25, 0.3) is 0 Å². The van der Waals surface area contributed by atoms with Gasteiger partial charge in [-0.3, -0.25) is 0 Å². The van der Waals surface area contributed by atoms with E-state index < -0.39 is 0 Å². The van der Waals surface area contributed by atoms with Gasteiger partial charge in [-0.2, -0.15) is 0 Å². The number of rotatable bonds is 2. The molecule has 0 aliphatic heterocycles. The summed E-state index contributed by atoms with van der Waals surface area (Å²) in [7, 11) is 0. The Balaban J connectivity index is 2.17. The lowest BCUT2D eigenvalue weighted by Crippen LogP contribution is -2.12. The minimum atomic E-state index is 0.211. The van der Waals surface area contributed by atoms with Crippen molar-refractivity contribution in [1.82, 2.24) is 4.98 Å². The minimum absolute atomic E-state index is 0.211. The lowest BCUT2D eigenvalue weighted by Gasteiger charge is -2.19. The number of anilines is 1. The van der Waals surface area contributed by atoms with Gasteiger partial charge >= 0.3 is 0 Å². The summed E-state index contributed by atoms with van der Waals surface area (Å²) in [6.45, 7) is 6.68. The Kier molecular flexibility index (Phi) is 2.22. The zero-order valence-electron chi connectivity index (χ0n) is 9.17. The lowest BCUT2D eigenvalue weighted by molar-refractivity contribution is 0.589. The van der Waals surface area contributed by atoms with Gasteiger partial charge in [0.05, 0.1) is 0 Å². The second-order valence-corrected chi connectivity index (χ2v) is 5.10. The van der Waals surface area contributed by atoms with Crippen LogP contribution in [0.5, 0.6) is 0 Å². The van der Waals surface area contributed by atoms with Gasteiger partial charge in [0.2, 0.25) is 0 Å². The molecule has 0 atom stereocenters. The smallest absolute Gasteiger partial charge is 0.126 e. The maximum atomic E-state index is 4.32. The van der Waals surface area contributed by atoms with Crippen LogP contribution in [-0.2, 0) is 5.41 Å². The normalized spacial score (nSPS) is 16.8. The Hall–Kier alpha value is -1.05. The highest BCUT2D eigenvalue weighted by Crippen LogP contribution is 2.27. The van der Waals surface area contributed by atoms with Crippen molar-refractivity contribution in [2.45, 2.75) is 45.1 Å². The third-order valence-electron chi connectivity index (χ3n) is 2.56. The molecule has 0 amide bonds. The molecule has 2 rings (SSSR count). The molecule has 1 heterocycles. The molecule has 0 unspecified atom stereocenters. The van der Waals surface area contributed by atoms with Crippen molar-refractivity contribution in [3.63, 3.8) is 0 Å². The Bertz CT molecular complexity index is 321. The largest absolute Gasteiger partial charge is 0.367 e. The molecule has 1 N–H and O–H groups in total. The number of pyridine rings is 1. The van der Waals surface area contributed by atoms with Gasteiger partial charge in [-0.15, -0.1) is 0 Å². The Morgan fingerprint density at radius 2 is 2.07 bits per heavy atom. The van der Waals surface area contributed by atoms with Crippen LogP contribution in [-0.4, -0.2) is 11.0 Å². The fraction of sp³-hybridized carbons (Fsp3) is 0.583. The van der Waals surface area contributed by atoms with E-state index in [0.717, 1.165) is 5.82 Å². The highest BCUT2D eigenvalue weighted by atomic mass is 15.0. The molecule has 1 aromatic heterocycles. The van der Waals surface area contributed by atoms with Gasteiger partial charge in [0.1, 0.15) is 5.82 Å². The molecule has 1 aromatic rings. The van der Waals surface area contributed by atoms with Crippen molar-refractivity contribution in [2.24, 2.45) is 0 Å². The summed E-state index contributed by atoms with van der Waals surface area (Å²) in [5.74, 6) is 1.03. The van der Waals surface area contributed by atoms with E-state index in [2.05, 4.69) is 43.2 Å². The predicted octanol–water partition coefficient (Wildman–Crippen LogP) is 2.95. The molecule has 1 aliphatic carbocycles. The second kappa shape index (κ2) is 3.26. The first-order valence-electron chi connectivity index (χ1n) is 5.29. The maximum Gasteiger partial charge on any atom is 0.126 e. The van der Waals surface area contributed by atoms with E-state index in [4.69, 9.17) is 0 Å². The van der Waals surface area contributed by atoms with Crippen LogP contribution in [0.1, 0.15) is 39.2 Å². The molecule has 0 radical (unpaired) electrons. The molecule has 0 spiro atoms. The highest BCUT2D eigenvalue weighted by Gasteiger charge is 2.22. The van der Waals surface area contributed by atoms with Crippen molar-refractivity contribution < 1.29 is 0 Å². The van der Waals surface area contributed by atoms with E-state index >= 15 is 0 Å². The molecular formula is C12H18N2. The van der Waals surface area contributed by atoms with E-state index in [1.54, 1.807) is 0 Å². The van der Waals surface area contributed by atoms with Crippen molar-refractivity contribution in [1.29, 1.82) is 0 Å². The monoisotopic (exact) mass is 190 g/mol. The molecular weight excluding hydrogens is 172 g/mol. The fourth-order valence-electron chi connectivity index (χ4n) is 1.41. The summed E-state index contributed by atoms with van der Waals surface area (Å²) in [6.07, 6.45) is 4.48. The first-order valence-corrected chi connectivity index (χ1v) is 5.29. The topological polar surface area (TPSA) is 24.9 Å². The quantitative estimate of drug-likeness (QED) is 0.775. The van der Waals surface area contributed by atoms with Gasteiger partial charge in [-0.1, -0.05) is 20.8 Å². The standard InChI is InChI=1S/C12H18N2/c1-12(2,3)9-6-7-13-11(8-9)14-10-4-5-10/h6-8,10H,4-5H2,1-3H3,(H,13,14). The van der Waals surface area contributed by atoms with Crippen LogP contribution >= 0.6 is 0 Å². The zero-order valence-corrected chi connectivity index (χ0v) is 9.17. The van der Waals surface area contributed by atoms with Gasteiger partial charge in [0, 0.05) is 12.2 Å².